The fourth-order valence-electron chi connectivity index (χ4n) is 2.70. The second-order valence-corrected chi connectivity index (χ2v) is 5.16. The smallest absolute Gasteiger partial charge is 0.0991 e. The molecule has 0 amide bonds. The molecular formula is C16H22N2O2. The zero-order valence-corrected chi connectivity index (χ0v) is 12.3. The lowest BCUT2D eigenvalue weighted by molar-refractivity contribution is -0.133. The standard InChI is InChI=1S/C16H22N2O2/c1-4-20-15-9-14(16(15)19-3)18-11(2)13-7-5-12(10-17)6-8-13/h5-8,11,14-16,18H,4,9H2,1-3H3. The number of nitrogens with zero attached hydrogens (tertiary/aromatic N) is 1. The Labute approximate surface area is 120 Å². The largest absolute Gasteiger partial charge is 0.377 e. The van der Waals surface area contributed by atoms with Gasteiger partial charge in [0.25, 0.3) is 0 Å². The summed E-state index contributed by atoms with van der Waals surface area (Å²) in [7, 11) is 1.73. The first-order chi connectivity index (χ1) is 9.69. The molecular weight excluding hydrogens is 252 g/mol. The Morgan fingerprint density at radius 1 is 1.40 bits per heavy atom. The van der Waals surface area contributed by atoms with Crippen molar-refractivity contribution in [2.75, 3.05) is 13.7 Å². The molecule has 0 bridgehead atoms. The molecule has 1 saturated carbocycles. The SMILES string of the molecule is CCOC1CC(NC(C)c2ccc(C#N)cc2)C1OC. The second-order valence-electron chi connectivity index (χ2n) is 5.16. The summed E-state index contributed by atoms with van der Waals surface area (Å²) < 4.78 is 11.1. The number of hydrogen-bond donors (Lipinski definition) is 1. The van der Waals surface area contributed by atoms with Gasteiger partial charge in [-0.25, -0.2) is 0 Å². The predicted octanol–water partition coefficient (Wildman–Crippen LogP) is 2.40. The third kappa shape index (κ3) is 3.18. The van der Waals surface area contributed by atoms with Crippen LogP contribution < -0.4 is 5.32 Å². The van der Waals surface area contributed by atoms with Crippen molar-refractivity contribution in [1.82, 2.24) is 5.32 Å². The van der Waals surface area contributed by atoms with Gasteiger partial charge >= 0.3 is 0 Å². The Kier molecular flexibility index (Phi) is 5.13. The van der Waals surface area contributed by atoms with Crippen LogP contribution in [0.3, 0.4) is 0 Å². The fraction of sp³-hybridized carbons (Fsp3) is 0.562. The quantitative estimate of drug-likeness (QED) is 0.865. The zero-order chi connectivity index (χ0) is 14.5. The van der Waals surface area contributed by atoms with E-state index in [0.29, 0.717) is 11.6 Å². The fourth-order valence-corrected chi connectivity index (χ4v) is 2.70. The number of nitriles is 1. The van der Waals surface area contributed by atoms with Gasteiger partial charge in [0.2, 0.25) is 0 Å². The van der Waals surface area contributed by atoms with Gasteiger partial charge in [0.15, 0.2) is 0 Å². The number of methoxy groups -OCH3 is 1. The van der Waals surface area contributed by atoms with E-state index in [0.717, 1.165) is 13.0 Å². The number of nitrogens with one attached hydrogen (secondary N) is 1. The molecule has 1 aromatic rings. The summed E-state index contributed by atoms with van der Waals surface area (Å²) in [4.78, 5) is 0. The molecule has 0 spiro atoms. The first-order valence-electron chi connectivity index (χ1n) is 7.10. The van der Waals surface area contributed by atoms with E-state index < -0.39 is 0 Å². The molecule has 0 radical (unpaired) electrons. The van der Waals surface area contributed by atoms with Crippen LogP contribution in [0.4, 0.5) is 0 Å². The molecule has 1 aliphatic rings. The maximum Gasteiger partial charge on any atom is 0.0991 e. The van der Waals surface area contributed by atoms with Gasteiger partial charge in [-0.2, -0.15) is 5.26 Å². The van der Waals surface area contributed by atoms with E-state index in [1.165, 1.54) is 5.56 Å². The normalized spacial score (nSPS) is 26.6. The summed E-state index contributed by atoms with van der Waals surface area (Å²) in [5.41, 5.74) is 1.87. The van der Waals surface area contributed by atoms with E-state index in [4.69, 9.17) is 14.7 Å². The molecule has 1 N–H and O–H groups in total. The average Bonchev–Trinajstić information content (AvgIpc) is 2.46. The molecule has 4 atom stereocenters. The van der Waals surface area contributed by atoms with Crippen LogP contribution in [-0.2, 0) is 9.47 Å². The molecule has 4 nitrogen and oxygen atoms in total. The first kappa shape index (κ1) is 15.0. The van der Waals surface area contributed by atoms with Crippen LogP contribution in [0.2, 0.25) is 0 Å². The van der Waals surface area contributed by atoms with E-state index in [2.05, 4.69) is 18.3 Å². The molecule has 0 saturated heterocycles. The highest BCUT2D eigenvalue weighted by molar-refractivity contribution is 5.32. The summed E-state index contributed by atoms with van der Waals surface area (Å²) in [6.45, 7) is 4.86. The van der Waals surface area contributed by atoms with Crippen molar-refractivity contribution in [3.8, 4) is 6.07 Å². The van der Waals surface area contributed by atoms with Crippen molar-refractivity contribution >= 4 is 0 Å². The van der Waals surface area contributed by atoms with Gasteiger partial charge < -0.3 is 14.8 Å². The summed E-state index contributed by atoms with van der Waals surface area (Å²) >= 11 is 0. The minimum atomic E-state index is 0.121. The van der Waals surface area contributed by atoms with Gasteiger partial charge in [0.1, 0.15) is 0 Å². The minimum Gasteiger partial charge on any atom is -0.377 e. The molecule has 20 heavy (non-hydrogen) atoms. The van der Waals surface area contributed by atoms with Crippen molar-refractivity contribution in [3.05, 3.63) is 35.4 Å². The molecule has 0 aliphatic heterocycles. The molecule has 0 aromatic heterocycles. The lowest BCUT2D eigenvalue weighted by Crippen LogP contribution is -2.60. The highest BCUT2D eigenvalue weighted by Crippen LogP contribution is 2.29. The lowest BCUT2D eigenvalue weighted by Gasteiger charge is -2.44. The third-order valence-electron chi connectivity index (χ3n) is 3.91. The maximum absolute atomic E-state index is 8.81. The van der Waals surface area contributed by atoms with Crippen LogP contribution in [0.15, 0.2) is 24.3 Å². The molecule has 1 fully saturated rings. The van der Waals surface area contributed by atoms with Gasteiger partial charge in [0, 0.05) is 25.8 Å². The molecule has 1 aromatic carbocycles. The average molecular weight is 274 g/mol. The van der Waals surface area contributed by atoms with E-state index >= 15 is 0 Å². The van der Waals surface area contributed by atoms with E-state index in [9.17, 15) is 0 Å². The van der Waals surface area contributed by atoms with Crippen LogP contribution in [0.5, 0.6) is 0 Å². The Hall–Kier alpha value is -1.41. The molecule has 1 aliphatic carbocycles. The first-order valence-corrected chi connectivity index (χ1v) is 7.10. The van der Waals surface area contributed by atoms with Crippen molar-refractivity contribution in [2.24, 2.45) is 0 Å². The van der Waals surface area contributed by atoms with Crippen molar-refractivity contribution in [3.63, 3.8) is 0 Å². The number of rotatable bonds is 6. The third-order valence-corrected chi connectivity index (χ3v) is 3.91. The maximum atomic E-state index is 8.81. The Balaban J connectivity index is 1.91. The number of hydrogen-bond acceptors (Lipinski definition) is 4. The number of ether oxygens (including phenoxy) is 2. The highest BCUT2D eigenvalue weighted by atomic mass is 16.5. The van der Waals surface area contributed by atoms with Gasteiger partial charge in [-0.05, 0) is 38.0 Å². The van der Waals surface area contributed by atoms with Crippen LogP contribution in [-0.4, -0.2) is 32.0 Å². The number of benzene rings is 1. The minimum absolute atomic E-state index is 0.121. The van der Waals surface area contributed by atoms with E-state index in [-0.39, 0.29) is 18.2 Å². The van der Waals surface area contributed by atoms with Crippen molar-refractivity contribution < 1.29 is 9.47 Å². The topological polar surface area (TPSA) is 54.3 Å². The zero-order valence-electron chi connectivity index (χ0n) is 12.3. The molecule has 4 unspecified atom stereocenters. The Bertz CT molecular complexity index is 466. The molecule has 2 rings (SSSR count). The van der Waals surface area contributed by atoms with Gasteiger partial charge in [-0.1, -0.05) is 12.1 Å². The Morgan fingerprint density at radius 3 is 2.65 bits per heavy atom. The van der Waals surface area contributed by atoms with Crippen LogP contribution in [0.25, 0.3) is 0 Å². The van der Waals surface area contributed by atoms with Gasteiger partial charge in [0.05, 0.1) is 23.8 Å². The van der Waals surface area contributed by atoms with Crippen LogP contribution in [0.1, 0.15) is 37.4 Å². The highest BCUT2D eigenvalue weighted by Gasteiger charge is 2.42. The van der Waals surface area contributed by atoms with Crippen LogP contribution in [0, 0.1) is 11.3 Å². The molecule has 4 heteroatoms. The second kappa shape index (κ2) is 6.85. The van der Waals surface area contributed by atoms with Gasteiger partial charge in [-0.3, -0.25) is 0 Å². The molecule has 108 valence electrons. The van der Waals surface area contributed by atoms with Crippen LogP contribution >= 0.6 is 0 Å². The van der Waals surface area contributed by atoms with Gasteiger partial charge in [-0.15, -0.1) is 0 Å². The lowest BCUT2D eigenvalue weighted by atomic mass is 9.84. The van der Waals surface area contributed by atoms with E-state index in [1.807, 2.05) is 31.2 Å². The summed E-state index contributed by atoms with van der Waals surface area (Å²) in [5.74, 6) is 0. The predicted molar refractivity (Wildman–Crippen MR) is 77.3 cm³/mol. The van der Waals surface area contributed by atoms with Crippen molar-refractivity contribution in [2.45, 2.75) is 44.6 Å². The summed E-state index contributed by atoms with van der Waals surface area (Å²) in [5, 5.41) is 12.4. The summed E-state index contributed by atoms with van der Waals surface area (Å²) in [6.07, 6.45) is 1.30. The van der Waals surface area contributed by atoms with E-state index in [1.54, 1.807) is 7.11 Å². The monoisotopic (exact) mass is 274 g/mol. The molecule has 0 heterocycles. The van der Waals surface area contributed by atoms with Crippen molar-refractivity contribution in [1.29, 1.82) is 5.26 Å². The summed E-state index contributed by atoms with van der Waals surface area (Å²) in [6, 6.07) is 10.4. The Morgan fingerprint density at radius 2 is 2.10 bits per heavy atom.